The lowest BCUT2D eigenvalue weighted by Gasteiger charge is -2.28. The number of methoxy groups -OCH3 is 1. The summed E-state index contributed by atoms with van der Waals surface area (Å²) < 4.78 is 7.59. The van der Waals surface area contributed by atoms with Crippen LogP contribution in [0.3, 0.4) is 0 Å². The van der Waals surface area contributed by atoms with Crippen LogP contribution in [-0.2, 0) is 6.54 Å². The molecule has 3 heterocycles. The Morgan fingerprint density at radius 1 is 1.03 bits per heavy atom. The molecule has 0 radical (unpaired) electrons. The Morgan fingerprint density at radius 2 is 1.83 bits per heavy atom. The molecule has 0 saturated carbocycles. The molecule has 0 amide bonds. The Balaban J connectivity index is 1.60. The highest BCUT2D eigenvalue weighted by atomic mass is 35.5. The number of aromatic nitrogens is 2. The normalized spacial score (nSPS) is 17.5. The Hall–Kier alpha value is -3.35. The summed E-state index contributed by atoms with van der Waals surface area (Å²) in [6, 6.07) is 24.3. The van der Waals surface area contributed by atoms with E-state index in [9.17, 15) is 0 Å². The van der Waals surface area contributed by atoms with E-state index in [-0.39, 0.29) is 12.1 Å². The van der Waals surface area contributed by atoms with Gasteiger partial charge in [0, 0.05) is 34.8 Å². The molecule has 1 fully saturated rings. The third-order valence-corrected chi connectivity index (χ3v) is 7.15. The highest BCUT2D eigenvalue weighted by Crippen LogP contribution is 2.42. The van der Waals surface area contributed by atoms with Crippen LogP contribution in [-0.4, -0.2) is 26.7 Å². The molecule has 5 nitrogen and oxygen atoms in total. The molecule has 0 bridgehead atoms. The van der Waals surface area contributed by atoms with Gasteiger partial charge in [-0.25, -0.2) is 0 Å². The average molecular weight is 503 g/mol. The monoisotopic (exact) mass is 502 g/mol. The van der Waals surface area contributed by atoms with Gasteiger partial charge in [-0.3, -0.25) is 4.98 Å². The maximum absolute atomic E-state index is 6.32. The fourth-order valence-electron chi connectivity index (χ4n) is 4.94. The number of hydrogen-bond acceptors (Lipinski definition) is 3. The second-order valence-electron chi connectivity index (χ2n) is 8.74. The maximum atomic E-state index is 6.32. The van der Waals surface area contributed by atoms with Gasteiger partial charge in [-0.15, -0.1) is 0 Å². The van der Waals surface area contributed by atoms with Gasteiger partial charge in [-0.05, 0) is 85.7 Å². The van der Waals surface area contributed by atoms with Crippen LogP contribution in [0.5, 0.6) is 5.75 Å². The Bertz CT molecular complexity index is 1350. The van der Waals surface area contributed by atoms with E-state index in [0.717, 1.165) is 34.1 Å². The number of benzene rings is 2. The Kier molecular flexibility index (Phi) is 6.50. The fraction of sp³-hybridized carbons (Fsp3) is 0.214. The van der Waals surface area contributed by atoms with Crippen molar-refractivity contribution in [1.29, 1.82) is 0 Å². The topological polar surface area (TPSA) is 42.3 Å². The second kappa shape index (κ2) is 9.72. The maximum Gasteiger partial charge on any atom is 0.170 e. The zero-order chi connectivity index (χ0) is 24.5. The van der Waals surface area contributed by atoms with Gasteiger partial charge in [0.2, 0.25) is 0 Å². The van der Waals surface area contributed by atoms with Gasteiger partial charge < -0.3 is 19.5 Å². The minimum atomic E-state index is -0.0738. The summed E-state index contributed by atoms with van der Waals surface area (Å²) in [4.78, 5) is 6.94. The molecular weight excluding hydrogens is 476 g/mol. The minimum absolute atomic E-state index is 0.0290. The van der Waals surface area contributed by atoms with Gasteiger partial charge in [-0.1, -0.05) is 35.9 Å². The van der Waals surface area contributed by atoms with Crippen molar-refractivity contribution in [2.75, 3.05) is 7.11 Å². The molecule has 2 unspecified atom stereocenters. The van der Waals surface area contributed by atoms with Crippen LogP contribution >= 0.6 is 23.8 Å². The van der Waals surface area contributed by atoms with Crippen molar-refractivity contribution in [3.63, 3.8) is 0 Å². The predicted octanol–water partition coefficient (Wildman–Crippen LogP) is 6.32. The third kappa shape index (κ3) is 4.51. The molecule has 7 heteroatoms. The number of nitrogens with one attached hydrogen (secondary N) is 1. The summed E-state index contributed by atoms with van der Waals surface area (Å²) in [5, 5.41) is 4.99. The molecule has 1 N–H and O–H groups in total. The third-order valence-electron chi connectivity index (χ3n) is 6.57. The first-order valence-electron chi connectivity index (χ1n) is 11.5. The zero-order valence-corrected chi connectivity index (χ0v) is 21.5. The summed E-state index contributed by atoms with van der Waals surface area (Å²) in [6.45, 7) is 4.96. The van der Waals surface area contributed by atoms with Crippen molar-refractivity contribution in [2.45, 2.75) is 32.5 Å². The number of rotatable bonds is 6. The number of nitrogens with zero attached hydrogens (tertiary/aromatic N) is 3. The van der Waals surface area contributed by atoms with Gasteiger partial charge >= 0.3 is 0 Å². The molecule has 2 aromatic carbocycles. The molecule has 2 atom stereocenters. The molecule has 5 rings (SSSR count). The van der Waals surface area contributed by atoms with E-state index in [1.54, 1.807) is 7.11 Å². The summed E-state index contributed by atoms with van der Waals surface area (Å²) in [7, 11) is 1.68. The number of pyridine rings is 1. The van der Waals surface area contributed by atoms with E-state index in [2.05, 4.69) is 63.9 Å². The van der Waals surface area contributed by atoms with Crippen molar-refractivity contribution < 1.29 is 4.74 Å². The molecule has 0 aliphatic carbocycles. The fourth-order valence-corrected chi connectivity index (χ4v) is 5.43. The van der Waals surface area contributed by atoms with Gasteiger partial charge in [0.25, 0.3) is 0 Å². The molecule has 35 heavy (non-hydrogen) atoms. The van der Waals surface area contributed by atoms with Gasteiger partial charge in [0.05, 0.1) is 24.9 Å². The van der Waals surface area contributed by atoms with Crippen molar-refractivity contribution in [2.24, 2.45) is 0 Å². The SMILES string of the molecule is COc1ccc(CN2C(=S)NC(c3ccccn3)C2c2cc(C)n(-c3cccc(Cl)c3)c2C)cc1. The number of hydrogen-bond donors (Lipinski definition) is 1. The van der Waals surface area contributed by atoms with Crippen molar-refractivity contribution in [3.8, 4) is 11.4 Å². The second-order valence-corrected chi connectivity index (χ2v) is 9.57. The first-order valence-corrected chi connectivity index (χ1v) is 12.3. The van der Waals surface area contributed by atoms with Crippen molar-refractivity contribution >= 4 is 28.9 Å². The van der Waals surface area contributed by atoms with Crippen LogP contribution in [0.4, 0.5) is 0 Å². The number of aryl methyl sites for hydroxylation is 1. The average Bonchev–Trinajstić information content (AvgIpc) is 3.34. The minimum Gasteiger partial charge on any atom is -0.497 e. The Labute approximate surface area is 216 Å². The largest absolute Gasteiger partial charge is 0.497 e. The summed E-state index contributed by atoms with van der Waals surface area (Å²) in [5.74, 6) is 0.837. The lowest BCUT2D eigenvalue weighted by atomic mass is 9.96. The quantitative estimate of drug-likeness (QED) is 0.312. The highest BCUT2D eigenvalue weighted by molar-refractivity contribution is 7.80. The summed E-state index contributed by atoms with van der Waals surface area (Å²) in [6.07, 6.45) is 1.83. The summed E-state index contributed by atoms with van der Waals surface area (Å²) in [5.41, 5.74) is 6.67. The molecular formula is C28H27ClN4OS. The van der Waals surface area contributed by atoms with E-state index in [1.165, 1.54) is 5.56 Å². The molecule has 4 aromatic rings. The van der Waals surface area contributed by atoms with Gasteiger partial charge in [0.1, 0.15) is 5.75 Å². The first-order chi connectivity index (χ1) is 17.0. The molecule has 2 aromatic heterocycles. The van der Waals surface area contributed by atoms with E-state index in [0.29, 0.717) is 16.7 Å². The standard InChI is InChI=1S/C28H27ClN4OS/c1-18-15-24(19(2)33(18)22-8-6-7-21(29)16-22)27-26(25-9-4-5-14-30-25)31-28(35)32(27)17-20-10-12-23(34-3)13-11-20/h4-16,26-27H,17H2,1-3H3,(H,31,35). The predicted molar refractivity (Wildman–Crippen MR) is 144 cm³/mol. The highest BCUT2D eigenvalue weighted by Gasteiger charge is 2.41. The molecule has 0 spiro atoms. The van der Waals surface area contributed by atoms with Crippen LogP contribution in [0.15, 0.2) is 79.0 Å². The zero-order valence-electron chi connectivity index (χ0n) is 19.9. The van der Waals surface area contributed by atoms with Crippen LogP contribution in [0.1, 0.15) is 40.3 Å². The van der Waals surface area contributed by atoms with Crippen LogP contribution in [0, 0.1) is 13.8 Å². The smallest absolute Gasteiger partial charge is 0.170 e. The van der Waals surface area contributed by atoms with Gasteiger partial charge in [-0.2, -0.15) is 0 Å². The van der Waals surface area contributed by atoms with E-state index >= 15 is 0 Å². The van der Waals surface area contributed by atoms with Crippen LogP contribution in [0.25, 0.3) is 5.69 Å². The number of thiocarbonyl (C=S) groups is 1. The molecule has 1 saturated heterocycles. The first kappa shape index (κ1) is 23.4. The molecule has 178 valence electrons. The molecule has 1 aliphatic heterocycles. The van der Waals surface area contributed by atoms with E-state index in [4.69, 9.17) is 28.6 Å². The van der Waals surface area contributed by atoms with Crippen LogP contribution in [0.2, 0.25) is 5.02 Å². The lowest BCUT2D eigenvalue weighted by Crippen LogP contribution is -2.29. The van der Waals surface area contributed by atoms with E-state index in [1.807, 2.05) is 48.7 Å². The van der Waals surface area contributed by atoms with E-state index < -0.39 is 0 Å². The lowest BCUT2D eigenvalue weighted by molar-refractivity contribution is 0.310. The molecule has 1 aliphatic rings. The van der Waals surface area contributed by atoms with Gasteiger partial charge in [0.15, 0.2) is 5.11 Å². The number of halogens is 1. The van der Waals surface area contributed by atoms with Crippen molar-refractivity contribution in [1.82, 2.24) is 19.8 Å². The van der Waals surface area contributed by atoms with Crippen LogP contribution < -0.4 is 10.1 Å². The summed E-state index contributed by atoms with van der Waals surface area (Å²) >= 11 is 12.2. The Morgan fingerprint density at radius 3 is 2.51 bits per heavy atom. The van der Waals surface area contributed by atoms with Crippen molar-refractivity contribution in [3.05, 3.63) is 112 Å². The number of ether oxygens (including phenoxy) is 1.